The van der Waals surface area contributed by atoms with Crippen molar-refractivity contribution < 1.29 is 9.47 Å². The molecule has 0 radical (unpaired) electrons. The van der Waals surface area contributed by atoms with E-state index in [0.717, 1.165) is 43.9 Å². The van der Waals surface area contributed by atoms with Gasteiger partial charge in [0.15, 0.2) is 0 Å². The summed E-state index contributed by atoms with van der Waals surface area (Å²) in [6, 6.07) is 8.05. The van der Waals surface area contributed by atoms with Crippen molar-refractivity contribution in [2.45, 2.75) is 69.9 Å². The highest BCUT2D eigenvalue weighted by Crippen LogP contribution is 2.38. The van der Waals surface area contributed by atoms with E-state index in [0.29, 0.717) is 17.9 Å². The van der Waals surface area contributed by atoms with E-state index in [2.05, 4.69) is 64.1 Å². The summed E-state index contributed by atoms with van der Waals surface area (Å²) < 4.78 is 11.2. The van der Waals surface area contributed by atoms with Gasteiger partial charge in [0, 0.05) is 23.0 Å². The third-order valence-electron chi connectivity index (χ3n) is 8.44. The quantitative estimate of drug-likeness (QED) is 0.579. The van der Waals surface area contributed by atoms with Crippen molar-refractivity contribution in [3.8, 4) is 0 Å². The molecular formula is C30H38N4O2. The van der Waals surface area contributed by atoms with Crippen molar-refractivity contribution in [2.24, 2.45) is 9.98 Å². The molecule has 1 atom stereocenters. The summed E-state index contributed by atoms with van der Waals surface area (Å²) in [5.41, 5.74) is 7.50. The molecule has 190 valence electrons. The van der Waals surface area contributed by atoms with Crippen LogP contribution in [-0.4, -0.2) is 67.4 Å². The lowest BCUT2D eigenvalue weighted by Gasteiger charge is -2.41. The van der Waals surface area contributed by atoms with Crippen LogP contribution in [0.5, 0.6) is 0 Å². The number of nitrogens with zero attached hydrogens (tertiary/aromatic N) is 3. The number of nitrogens with one attached hydrogen (secondary N) is 1. The van der Waals surface area contributed by atoms with Gasteiger partial charge in [0.2, 0.25) is 0 Å². The Morgan fingerprint density at radius 2 is 1.97 bits per heavy atom. The molecule has 0 spiro atoms. The van der Waals surface area contributed by atoms with Crippen LogP contribution in [0.25, 0.3) is 16.5 Å². The predicted molar refractivity (Wildman–Crippen MR) is 147 cm³/mol. The highest BCUT2D eigenvalue weighted by atomic mass is 16.5. The molecule has 0 saturated carbocycles. The van der Waals surface area contributed by atoms with E-state index in [-0.39, 0.29) is 6.04 Å². The number of H-pyrrole nitrogens is 1. The van der Waals surface area contributed by atoms with Gasteiger partial charge in [0.25, 0.3) is 0 Å². The number of allylic oxidation sites excluding steroid dienone is 4. The molecule has 2 fully saturated rings. The molecule has 2 aromatic rings. The number of aliphatic imine (C=N–C) groups is 2. The second-order valence-corrected chi connectivity index (χ2v) is 11.0. The highest BCUT2D eigenvalue weighted by Gasteiger charge is 2.30. The minimum atomic E-state index is 0.282. The average Bonchev–Trinajstić information content (AvgIpc) is 3.26. The van der Waals surface area contributed by atoms with Crippen molar-refractivity contribution in [3.63, 3.8) is 0 Å². The number of hydrogen-bond donors (Lipinski definition) is 1. The zero-order chi connectivity index (χ0) is 24.6. The van der Waals surface area contributed by atoms with Crippen LogP contribution in [0.3, 0.4) is 0 Å². The maximum absolute atomic E-state index is 5.83. The highest BCUT2D eigenvalue weighted by molar-refractivity contribution is 6.05. The molecule has 1 aromatic carbocycles. The van der Waals surface area contributed by atoms with E-state index < -0.39 is 0 Å². The van der Waals surface area contributed by atoms with Gasteiger partial charge in [-0.1, -0.05) is 26.0 Å². The lowest BCUT2D eigenvalue weighted by Crippen LogP contribution is -2.51. The Hall–Kier alpha value is -2.70. The number of aromatic nitrogens is 1. The first-order valence-electron chi connectivity index (χ1n) is 13.6. The molecule has 2 bridgehead atoms. The molecule has 6 nitrogen and oxygen atoms in total. The van der Waals surface area contributed by atoms with E-state index in [9.17, 15) is 0 Å². The van der Waals surface area contributed by atoms with Crippen molar-refractivity contribution in [2.75, 3.05) is 33.4 Å². The zero-order valence-corrected chi connectivity index (χ0v) is 21.8. The molecule has 3 aliphatic heterocycles. The molecule has 1 aliphatic carbocycles. The maximum Gasteiger partial charge on any atom is 0.141 e. The number of piperidine rings is 1. The van der Waals surface area contributed by atoms with Gasteiger partial charge in [0.05, 0.1) is 38.1 Å². The largest absolute Gasteiger partial charge is 0.495 e. The maximum atomic E-state index is 5.83. The Bertz CT molecular complexity index is 1240. The van der Waals surface area contributed by atoms with Gasteiger partial charge in [-0.15, -0.1) is 0 Å². The first-order valence-corrected chi connectivity index (χ1v) is 13.6. The predicted octanol–water partition coefficient (Wildman–Crippen LogP) is 5.82. The molecule has 1 aromatic heterocycles. The summed E-state index contributed by atoms with van der Waals surface area (Å²) in [4.78, 5) is 15.5. The Morgan fingerprint density at radius 3 is 2.69 bits per heavy atom. The van der Waals surface area contributed by atoms with Gasteiger partial charge in [0.1, 0.15) is 12.1 Å². The van der Waals surface area contributed by atoms with Crippen LogP contribution in [0.15, 0.2) is 46.1 Å². The molecule has 4 heterocycles. The van der Waals surface area contributed by atoms with E-state index in [1.165, 1.54) is 59.2 Å². The van der Waals surface area contributed by atoms with Crippen LogP contribution in [0.4, 0.5) is 0 Å². The first kappa shape index (κ1) is 23.7. The standard InChI is InChI=1S/C30H38N4O2/c1-19(2)29-25-13-21(20-9-11-34(12-10-20)24-16-36-17-24)7-8-26(25)33-30(29)22-5-4-6-23-15-27(32-18-31-23)28(14-22)35-3/h5,7-8,13-14,18-20,23-24,33H,4,6,9-12,15-17H2,1-3H3/b22-5+,28-14+. The van der Waals surface area contributed by atoms with Gasteiger partial charge >= 0.3 is 0 Å². The third-order valence-corrected chi connectivity index (χ3v) is 8.44. The van der Waals surface area contributed by atoms with Crippen LogP contribution in [-0.2, 0) is 9.47 Å². The van der Waals surface area contributed by atoms with E-state index in [1.54, 1.807) is 13.4 Å². The van der Waals surface area contributed by atoms with Crippen molar-refractivity contribution in [3.05, 3.63) is 52.9 Å². The van der Waals surface area contributed by atoms with Gasteiger partial charge in [-0.2, -0.15) is 0 Å². The SMILES string of the molecule is CO/C1=C/C(c2[nH]c3ccc(C4CCN(C5COC5)CC4)cc3c2C(C)C)=C\CCC2CC1=NC=N2. The molecule has 6 heteroatoms. The topological polar surface area (TPSA) is 62.2 Å². The van der Waals surface area contributed by atoms with E-state index in [1.807, 2.05) is 0 Å². The second kappa shape index (κ2) is 9.98. The minimum absolute atomic E-state index is 0.282. The van der Waals surface area contributed by atoms with E-state index >= 15 is 0 Å². The van der Waals surface area contributed by atoms with Crippen LogP contribution in [0, 0.1) is 0 Å². The Labute approximate surface area is 214 Å². The van der Waals surface area contributed by atoms with Crippen LogP contribution in [0.2, 0.25) is 0 Å². The number of ether oxygens (including phenoxy) is 2. The van der Waals surface area contributed by atoms with Crippen LogP contribution < -0.4 is 0 Å². The third kappa shape index (κ3) is 4.46. The fourth-order valence-electron chi connectivity index (χ4n) is 6.28. The summed E-state index contributed by atoms with van der Waals surface area (Å²) in [6.45, 7) is 8.79. The Kier molecular flexibility index (Phi) is 6.57. The fraction of sp³-hybridized carbons (Fsp3) is 0.533. The molecule has 2 saturated heterocycles. The lowest BCUT2D eigenvalue weighted by atomic mass is 9.87. The summed E-state index contributed by atoms with van der Waals surface area (Å²) in [6.07, 6.45) is 11.6. The number of aromatic amines is 1. The summed E-state index contributed by atoms with van der Waals surface area (Å²) in [7, 11) is 1.74. The van der Waals surface area contributed by atoms with Crippen molar-refractivity contribution >= 4 is 28.5 Å². The normalized spacial score (nSPS) is 26.9. The number of likely N-dealkylation sites (tertiary alicyclic amines) is 1. The molecule has 6 rings (SSSR count). The molecule has 1 N–H and O–H groups in total. The molecule has 0 amide bonds. The summed E-state index contributed by atoms with van der Waals surface area (Å²) >= 11 is 0. The molecular weight excluding hydrogens is 448 g/mol. The number of methoxy groups -OCH3 is 1. The molecule has 4 aliphatic rings. The number of benzene rings is 1. The Balaban J connectivity index is 1.34. The van der Waals surface area contributed by atoms with Gasteiger partial charge in [-0.25, -0.2) is 4.99 Å². The lowest BCUT2D eigenvalue weighted by molar-refractivity contribution is -0.0712. The average molecular weight is 487 g/mol. The fourth-order valence-corrected chi connectivity index (χ4v) is 6.28. The van der Waals surface area contributed by atoms with Gasteiger partial charge in [-0.05, 0) is 85.5 Å². The van der Waals surface area contributed by atoms with E-state index in [4.69, 9.17) is 9.47 Å². The molecule has 1 unspecified atom stereocenters. The monoisotopic (exact) mass is 486 g/mol. The Morgan fingerprint density at radius 1 is 1.14 bits per heavy atom. The number of fused-ring (bicyclic) bond motifs is 3. The van der Waals surface area contributed by atoms with Crippen LogP contribution in [0.1, 0.15) is 74.6 Å². The zero-order valence-electron chi connectivity index (χ0n) is 21.8. The van der Waals surface area contributed by atoms with Gasteiger partial charge < -0.3 is 14.5 Å². The van der Waals surface area contributed by atoms with Crippen LogP contribution >= 0.6 is 0 Å². The van der Waals surface area contributed by atoms with Crippen molar-refractivity contribution in [1.29, 1.82) is 0 Å². The summed E-state index contributed by atoms with van der Waals surface area (Å²) in [5, 5.41) is 1.36. The summed E-state index contributed by atoms with van der Waals surface area (Å²) in [5.74, 6) is 1.88. The van der Waals surface area contributed by atoms with Gasteiger partial charge in [-0.3, -0.25) is 9.89 Å². The second-order valence-electron chi connectivity index (χ2n) is 11.0. The van der Waals surface area contributed by atoms with Crippen molar-refractivity contribution in [1.82, 2.24) is 9.88 Å². The number of hydrogen-bond acceptors (Lipinski definition) is 5. The smallest absolute Gasteiger partial charge is 0.141 e. The number of rotatable bonds is 5. The minimum Gasteiger partial charge on any atom is -0.495 e. The first-order chi connectivity index (χ1) is 17.6. The molecule has 36 heavy (non-hydrogen) atoms.